The highest BCUT2D eigenvalue weighted by Gasteiger charge is 2.39. The molecule has 92 valence electrons. The van der Waals surface area contributed by atoms with Crippen LogP contribution in [0.5, 0.6) is 0 Å². The van der Waals surface area contributed by atoms with Gasteiger partial charge in [-0.25, -0.2) is 0 Å². The van der Waals surface area contributed by atoms with Crippen LogP contribution in [-0.4, -0.2) is 44.6 Å². The van der Waals surface area contributed by atoms with Gasteiger partial charge in [-0.2, -0.15) is 0 Å². The fourth-order valence-corrected chi connectivity index (χ4v) is 2.27. The fourth-order valence-electron chi connectivity index (χ4n) is 2.27. The van der Waals surface area contributed by atoms with E-state index in [-0.39, 0.29) is 5.91 Å². The van der Waals surface area contributed by atoms with Gasteiger partial charge in [0.25, 0.3) is 5.91 Å². The molecule has 1 aliphatic rings. The van der Waals surface area contributed by atoms with Gasteiger partial charge in [-0.3, -0.25) is 14.8 Å². The number of carbonyl (C=O) groups excluding carboxylic acids is 1. The summed E-state index contributed by atoms with van der Waals surface area (Å²) in [5.41, 5.74) is 0.586. The van der Waals surface area contributed by atoms with Crippen molar-refractivity contribution in [1.82, 2.24) is 14.9 Å². The van der Waals surface area contributed by atoms with Crippen molar-refractivity contribution in [3.05, 3.63) is 36.3 Å². The van der Waals surface area contributed by atoms with Crippen molar-refractivity contribution >= 4 is 16.8 Å². The van der Waals surface area contributed by atoms with Gasteiger partial charge >= 0.3 is 0 Å². The van der Waals surface area contributed by atoms with Gasteiger partial charge in [0.15, 0.2) is 0 Å². The Morgan fingerprint density at radius 2 is 2.17 bits per heavy atom. The first-order valence-electron chi connectivity index (χ1n) is 5.77. The second kappa shape index (κ2) is 3.74. The summed E-state index contributed by atoms with van der Waals surface area (Å²) in [6.07, 6.45) is 4.92. The van der Waals surface area contributed by atoms with Gasteiger partial charge < -0.3 is 10.0 Å². The predicted octanol–water partition coefficient (Wildman–Crippen LogP) is 0.837. The lowest BCUT2D eigenvalue weighted by Crippen LogP contribution is -2.61. The van der Waals surface area contributed by atoms with Crippen molar-refractivity contribution in [3.8, 4) is 0 Å². The Balaban J connectivity index is 1.98. The molecule has 1 fully saturated rings. The van der Waals surface area contributed by atoms with Gasteiger partial charge in [0, 0.05) is 24.0 Å². The lowest BCUT2D eigenvalue weighted by molar-refractivity contribution is -0.0668. The Labute approximate surface area is 104 Å². The van der Waals surface area contributed by atoms with Gasteiger partial charge in [0.2, 0.25) is 0 Å². The van der Waals surface area contributed by atoms with Crippen LogP contribution in [0.1, 0.15) is 17.3 Å². The van der Waals surface area contributed by atoms with Crippen LogP contribution in [0, 0.1) is 0 Å². The smallest absolute Gasteiger partial charge is 0.254 e. The summed E-state index contributed by atoms with van der Waals surface area (Å²) >= 11 is 0. The molecule has 1 aliphatic heterocycles. The van der Waals surface area contributed by atoms with Crippen molar-refractivity contribution in [2.45, 2.75) is 12.5 Å². The summed E-state index contributed by atoms with van der Waals surface area (Å²) in [5.74, 6) is -0.0816. The number of likely N-dealkylation sites (tertiary alicyclic amines) is 1. The first-order valence-corrected chi connectivity index (χ1v) is 5.77. The van der Waals surface area contributed by atoms with E-state index in [1.165, 1.54) is 0 Å². The maximum Gasteiger partial charge on any atom is 0.254 e. The molecule has 18 heavy (non-hydrogen) atoms. The van der Waals surface area contributed by atoms with E-state index in [1.807, 2.05) is 0 Å². The number of aromatic nitrogens is 2. The van der Waals surface area contributed by atoms with Crippen molar-refractivity contribution in [3.63, 3.8) is 0 Å². The Hall–Kier alpha value is -2.01. The zero-order valence-electron chi connectivity index (χ0n) is 10.00. The van der Waals surface area contributed by atoms with E-state index in [0.29, 0.717) is 18.7 Å². The summed E-state index contributed by atoms with van der Waals surface area (Å²) in [5, 5.41) is 10.4. The highest BCUT2D eigenvalue weighted by Crippen LogP contribution is 2.24. The number of amides is 1. The number of rotatable bonds is 1. The molecule has 1 N–H and O–H groups in total. The molecule has 0 bridgehead atoms. The summed E-state index contributed by atoms with van der Waals surface area (Å²) < 4.78 is 0. The molecule has 0 aliphatic carbocycles. The molecule has 1 amide bonds. The molecule has 5 heteroatoms. The fraction of sp³-hybridized carbons (Fsp3) is 0.308. The van der Waals surface area contributed by atoms with E-state index in [1.54, 1.807) is 42.5 Å². The van der Waals surface area contributed by atoms with Crippen molar-refractivity contribution in [2.75, 3.05) is 13.1 Å². The van der Waals surface area contributed by atoms with Gasteiger partial charge in [-0.05, 0) is 19.1 Å². The number of nitrogens with zero attached hydrogens (tertiary/aromatic N) is 3. The molecule has 5 nitrogen and oxygen atoms in total. The highest BCUT2D eigenvalue weighted by molar-refractivity contribution is 6.06. The Kier molecular flexibility index (Phi) is 2.31. The quantitative estimate of drug-likeness (QED) is 0.806. The molecule has 3 heterocycles. The Morgan fingerprint density at radius 1 is 1.39 bits per heavy atom. The molecule has 2 aromatic heterocycles. The molecule has 0 atom stereocenters. The van der Waals surface area contributed by atoms with E-state index in [9.17, 15) is 9.90 Å². The van der Waals surface area contributed by atoms with Crippen LogP contribution >= 0.6 is 0 Å². The highest BCUT2D eigenvalue weighted by atomic mass is 16.3. The molecule has 3 rings (SSSR count). The van der Waals surface area contributed by atoms with Gasteiger partial charge in [0.1, 0.15) is 0 Å². The van der Waals surface area contributed by atoms with E-state index >= 15 is 0 Å². The van der Waals surface area contributed by atoms with E-state index < -0.39 is 5.60 Å². The van der Waals surface area contributed by atoms with Gasteiger partial charge in [-0.15, -0.1) is 0 Å². The Bertz CT molecular complexity index is 611. The van der Waals surface area contributed by atoms with Crippen LogP contribution in [0.2, 0.25) is 0 Å². The normalized spacial score (nSPS) is 17.6. The maximum atomic E-state index is 12.3. The largest absolute Gasteiger partial charge is 0.386 e. The number of fused-ring (bicyclic) bond motifs is 1. The van der Waals surface area contributed by atoms with Crippen LogP contribution in [0.3, 0.4) is 0 Å². The van der Waals surface area contributed by atoms with Gasteiger partial charge in [-0.1, -0.05) is 0 Å². The maximum absolute atomic E-state index is 12.3. The molecule has 2 aromatic rings. The van der Waals surface area contributed by atoms with Crippen LogP contribution in [0.15, 0.2) is 30.7 Å². The minimum atomic E-state index is -0.753. The summed E-state index contributed by atoms with van der Waals surface area (Å²) in [4.78, 5) is 22.1. The third-order valence-electron chi connectivity index (χ3n) is 3.12. The molecule has 0 saturated carbocycles. The summed E-state index contributed by atoms with van der Waals surface area (Å²) in [7, 11) is 0. The standard InChI is InChI=1S/C13H13N3O2/c1-13(18)7-16(8-13)12(17)9-2-5-15-11-3-4-14-6-10(9)11/h2-6,18H,7-8H2,1H3. The second-order valence-corrected chi connectivity index (χ2v) is 4.91. The number of pyridine rings is 2. The number of hydrogen-bond donors (Lipinski definition) is 1. The average Bonchev–Trinajstić information content (AvgIpc) is 2.34. The topological polar surface area (TPSA) is 66.3 Å². The van der Waals surface area contributed by atoms with Crippen LogP contribution in [0.4, 0.5) is 0 Å². The lowest BCUT2D eigenvalue weighted by Gasteiger charge is -2.44. The number of carbonyl (C=O) groups is 1. The average molecular weight is 243 g/mol. The van der Waals surface area contributed by atoms with Crippen molar-refractivity contribution in [2.24, 2.45) is 0 Å². The third kappa shape index (κ3) is 1.73. The lowest BCUT2D eigenvalue weighted by atomic mass is 9.95. The molecule has 0 spiro atoms. The van der Waals surface area contributed by atoms with Crippen LogP contribution in [-0.2, 0) is 0 Å². The van der Waals surface area contributed by atoms with Crippen molar-refractivity contribution in [1.29, 1.82) is 0 Å². The number of β-amino-alcohol motifs (C(OH)–C–C–N with tert-alkyl or cyclic N) is 1. The van der Waals surface area contributed by atoms with E-state index in [4.69, 9.17) is 0 Å². The van der Waals surface area contributed by atoms with Gasteiger partial charge in [0.05, 0.1) is 29.8 Å². The summed E-state index contributed by atoms with van der Waals surface area (Å²) in [6, 6.07) is 3.47. The summed E-state index contributed by atoms with van der Waals surface area (Å²) in [6.45, 7) is 2.47. The predicted molar refractivity (Wildman–Crippen MR) is 66.1 cm³/mol. The number of hydrogen-bond acceptors (Lipinski definition) is 4. The van der Waals surface area contributed by atoms with Crippen molar-refractivity contribution < 1.29 is 9.90 Å². The zero-order valence-corrected chi connectivity index (χ0v) is 10.00. The number of aliphatic hydroxyl groups is 1. The molecule has 0 unspecified atom stereocenters. The first-order chi connectivity index (χ1) is 8.57. The van der Waals surface area contributed by atoms with E-state index in [0.717, 1.165) is 10.9 Å². The van der Waals surface area contributed by atoms with Crippen LogP contribution in [0.25, 0.3) is 10.9 Å². The minimum Gasteiger partial charge on any atom is -0.386 e. The van der Waals surface area contributed by atoms with Crippen LogP contribution < -0.4 is 0 Å². The minimum absolute atomic E-state index is 0.0816. The van der Waals surface area contributed by atoms with E-state index in [2.05, 4.69) is 9.97 Å². The SMILES string of the molecule is CC1(O)CN(C(=O)c2ccnc3ccncc23)C1. The first kappa shape index (κ1) is 11.1. The molecule has 0 aromatic carbocycles. The molecular weight excluding hydrogens is 230 g/mol. The zero-order chi connectivity index (χ0) is 12.8. The monoisotopic (exact) mass is 243 g/mol. The molecular formula is C13H13N3O2. The second-order valence-electron chi connectivity index (χ2n) is 4.91. The Morgan fingerprint density at radius 3 is 2.89 bits per heavy atom. The third-order valence-corrected chi connectivity index (χ3v) is 3.12. The molecule has 0 radical (unpaired) electrons. The molecule has 1 saturated heterocycles.